The number of benzene rings is 2. The molecule has 0 aliphatic rings. The number of hydrogen-bond donors (Lipinski definition) is 1. The molecular weight excluding hydrogens is 314 g/mol. The maximum atomic E-state index is 12.3. The average Bonchev–Trinajstić information content (AvgIpc) is 2.50. The normalized spacial score (nSPS) is 11.7. The first-order valence-electron chi connectivity index (χ1n) is 7.22. The van der Waals surface area contributed by atoms with Crippen LogP contribution in [0.25, 0.3) is 0 Å². The Morgan fingerprint density at radius 2 is 1.87 bits per heavy atom. The lowest BCUT2D eigenvalue weighted by Crippen LogP contribution is -2.30. The van der Waals surface area contributed by atoms with Gasteiger partial charge in [0.2, 0.25) is 0 Å². The SMILES string of the molecule is CC(=O)c1ccccc1NC(=O)C(C)Oc1ccc(Cl)cc1C. The Kier molecular flexibility index (Phi) is 5.40. The first-order valence-corrected chi connectivity index (χ1v) is 7.60. The molecule has 0 saturated heterocycles. The van der Waals surface area contributed by atoms with Crippen molar-refractivity contribution in [2.45, 2.75) is 26.9 Å². The fraction of sp³-hybridized carbons (Fsp3) is 0.222. The molecule has 2 aromatic rings. The highest BCUT2D eigenvalue weighted by Crippen LogP contribution is 2.23. The monoisotopic (exact) mass is 331 g/mol. The Labute approximate surface area is 140 Å². The summed E-state index contributed by atoms with van der Waals surface area (Å²) in [5, 5.41) is 3.35. The van der Waals surface area contributed by atoms with Crippen LogP contribution in [0.1, 0.15) is 29.8 Å². The molecule has 2 aromatic carbocycles. The van der Waals surface area contributed by atoms with E-state index in [1.165, 1.54) is 6.92 Å². The maximum Gasteiger partial charge on any atom is 0.265 e. The van der Waals surface area contributed by atoms with Crippen molar-refractivity contribution >= 4 is 29.0 Å². The van der Waals surface area contributed by atoms with Gasteiger partial charge in [0.25, 0.3) is 5.91 Å². The third-order valence-corrected chi connectivity index (χ3v) is 3.61. The largest absolute Gasteiger partial charge is 0.481 e. The zero-order valence-corrected chi connectivity index (χ0v) is 14.0. The number of para-hydroxylation sites is 1. The Morgan fingerprint density at radius 1 is 1.17 bits per heavy atom. The molecule has 0 aromatic heterocycles. The summed E-state index contributed by atoms with van der Waals surface area (Å²) in [6.45, 7) is 4.97. The van der Waals surface area contributed by atoms with Crippen molar-refractivity contribution in [3.8, 4) is 5.75 Å². The van der Waals surface area contributed by atoms with Crippen LogP contribution < -0.4 is 10.1 Å². The first kappa shape index (κ1) is 17.0. The average molecular weight is 332 g/mol. The highest BCUT2D eigenvalue weighted by molar-refractivity contribution is 6.30. The highest BCUT2D eigenvalue weighted by atomic mass is 35.5. The molecule has 0 heterocycles. The number of rotatable bonds is 5. The van der Waals surface area contributed by atoms with E-state index in [0.29, 0.717) is 22.0 Å². The topological polar surface area (TPSA) is 55.4 Å². The number of Topliss-reactive ketones (excluding diaryl/α,β-unsaturated/α-hetero) is 1. The maximum absolute atomic E-state index is 12.3. The zero-order valence-electron chi connectivity index (χ0n) is 13.2. The molecule has 120 valence electrons. The molecule has 1 atom stereocenters. The van der Waals surface area contributed by atoms with E-state index in [-0.39, 0.29) is 11.7 Å². The number of anilines is 1. The smallest absolute Gasteiger partial charge is 0.265 e. The lowest BCUT2D eigenvalue weighted by atomic mass is 10.1. The van der Waals surface area contributed by atoms with Crippen molar-refractivity contribution in [1.29, 1.82) is 0 Å². The van der Waals surface area contributed by atoms with E-state index in [9.17, 15) is 9.59 Å². The minimum absolute atomic E-state index is 0.108. The second-order valence-corrected chi connectivity index (χ2v) is 5.70. The van der Waals surface area contributed by atoms with Crippen molar-refractivity contribution in [1.82, 2.24) is 0 Å². The number of hydrogen-bond acceptors (Lipinski definition) is 3. The molecule has 0 aliphatic heterocycles. The number of ether oxygens (including phenoxy) is 1. The lowest BCUT2D eigenvalue weighted by Gasteiger charge is -2.17. The van der Waals surface area contributed by atoms with Crippen LogP contribution in [0.2, 0.25) is 5.02 Å². The number of halogens is 1. The van der Waals surface area contributed by atoms with Gasteiger partial charge >= 0.3 is 0 Å². The van der Waals surface area contributed by atoms with Gasteiger partial charge in [-0.05, 0) is 56.7 Å². The number of carbonyl (C=O) groups excluding carboxylic acids is 2. The summed E-state index contributed by atoms with van der Waals surface area (Å²) < 4.78 is 5.68. The minimum atomic E-state index is -0.713. The van der Waals surface area contributed by atoms with E-state index in [0.717, 1.165) is 5.56 Å². The fourth-order valence-corrected chi connectivity index (χ4v) is 2.35. The lowest BCUT2D eigenvalue weighted by molar-refractivity contribution is -0.122. The van der Waals surface area contributed by atoms with Crippen LogP contribution in [0.5, 0.6) is 5.75 Å². The van der Waals surface area contributed by atoms with Gasteiger partial charge in [0, 0.05) is 10.6 Å². The van der Waals surface area contributed by atoms with Gasteiger partial charge in [-0.3, -0.25) is 9.59 Å². The van der Waals surface area contributed by atoms with Gasteiger partial charge in [-0.1, -0.05) is 23.7 Å². The summed E-state index contributed by atoms with van der Waals surface area (Å²) in [6.07, 6.45) is -0.713. The van der Waals surface area contributed by atoms with Gasteiger partial charge in [0.1, 0.15) is 5.75 Å². The van der Waals surface area contributed by atoms with Gasteiger partial charge in [0.15, 0.2) is 11.9 Å². The third-order valence-electron chi connectivity index (χ3n) is 3.37. The van der Waals surface area contributed by atoms with Crippen LogP contribution >= 0.6 is 11.6 Å². The van der Waals surface area contributed by atoms with Crippen molar-refractivity contribution in [2.24, 2.45) is 0 Å². The molecule has 4 nitrogen and oxygen atoms in total. The quantitative estimate of drug-likeness (QED) is 0.833. The number of nitrogens with one attached hydrogen (secondary N) is 1. The van der Waals surface area contributed by atoms with Gasteiger partial charge in [-0.25, -0.2) is 0 Å². The molecule has 1 N–H and O–H groups in total. The third kappa shape index (κ3) is 4.33. The van der Waals surface area contributed by atoms with Gasteiger partial charge < -0.3 is 10.1 Å². The van der Waals surface area contributed by atoms with Gasteiger partial charge in [0.05, 0.1) is 5.69 Å². The Bertz CT molecular complexity index is 743. The molecule has 1 amide bonds. The highest BCUT2D eigenvalue weighted by Gasteiger charge is 2.18. The Hall–Kier alpha value is -2.33. The number of aryl methyl sites for hydroxylation is 1. The Balaban J connectivity index is 2.10. The molecule has 5 heteroatoms. The molecule has 2 rings (SSSR count). The van der Waals surface area contributed by atoms with E-state index in [4.69, 9.17) is 16.3 Å². The van der Waals surface area contributed by atoms with E-state index < -0.39 is 6.10 Å². The number of amides is 1. The second kappa shape index (κ2) is 7.29. The van der Waals surface area contributed by atoms with Crippen LogP contribution in [0, 0.1) is 6.92 Å². The molecule has 1 unspecified atom stereocenters. The van der Waals surface area contributed by atoms with Crippen molar-refractivity contribution < 1.29 is 14.3 Å². The molecule has 0 fully saturated rings. The van der Waals surface area contributed by atoms with Gasteiger partial charge in [-0.2, -0.15) is 0 Å². The van der Waals surface area contributed by atoms with Crippen molar-refractivity contribution in [3.63, 3.8) is 0 Å². The van der Waals surface area contributed by atoms with E-state index in [2.05, 4.69) is 5.32 Å². The summed E-state index contributed by atoms with van der Waals surface area (Å²) >= 11 is 5.90. The molecule has 23 heavy (non-hydrogen) atoms. The van der Waals surface area contributed by atoms with Crippen LogP contribution in [0.15, 0.2) is 42.5 Å². The fourth-order valence-electron chi connectivity index (χ4n) is 2.12. The van der Waals surface area contributed by atoms with Crippen molar-refractivity contribution in [3.05, 3.63) is 58.6 Å². The molecule has 0 spiro atoms. The predicted molar refractivity (Wildman–Crippen MR) is 91.4 cm³/mol. The second-order valence-electron chi connectivity index (χ2n) is 5.26. The molecule has 0 radical (unpaired) electrons. The molecule has 0 bridgehead atoms. The molecule has 0 saturated carbocycles. The predicted octanol–water partition coefficient (Wildman–Crippen LogP) is 4.26. The summed E-state index contributed by atoms with van der Waals surface area (Å²) in [4.78, 5) is 23.9. The summed E-state index contributed by atoms with van der Waals surface area (Å²) in [5.41, 5.74) is 1.80. The molecular formula is C18H18ClNO3. The van der Waals surface area contributed by atoms with Crippen molar-refractivity contribution in [2.75, 3.05) is 5.32 Å². The Morgan fingerprint density at radius 3 is 2.52 bits per heavy atom. The molecule has 0 aliphatic carbocycles. The minimum Gasteiger partial charge on any atom is -0.481 e. The van der Waals surface area contributed by atoms with Crippen LogP contribution in [-0.4, -0.2) is 17.8 Å². The van der Waals surface area contributed by atoms with Crippen LogP contribution in [0.4, 0.5) is 5.69 Å². The van der Waals surface area contributed by atoms with Crippen LogP contribution in [-0.2, 0) is 4.79 Å². The first-order chi connectivity index (χ1) is 10.9. The van der Waals surface area contributed by atoms with E-state index in [1.807, 2.05) is 6.92 Å². The summed E-state index contributed by atoms with van der Waals surface area (Å²) in [7, 11) is 0. The summed E-state index contributed by atoms with van der Waals surface area (Å²) in [5.74, 6) is 0.160. The summed E-state index contributed by atoms with van der Waals surface area (Å²) in [6, 6.07) is 12.1. The van der Waals surface area contributed by atoms with Gasteiger partial charge in [-0.15, -0.1) is 0 Å². The van der Waals surface area contributed by atoms with Crippen LogP contribution in [0.3, 0.4) is 0 Å². The van der Waals surface area contributed by atoms with E-state index in [1.54, 1.807) is 49.4 Å². The number of ketones is 1. The van der Waals surface area contributed by atoms with E-state index >= 15 is 0 Å². The standard InChI is InChI=1S/C18H18ClNO3/c1-11-10-14(19)8-9-17(11)23-13(3)18(22)20-16-7-5-4-6-15(16)12(2)21/h4-10,13H,1-3H3,(H,20,22). The number of carbonyl (C=O) groups is 2. The zero-order chi connectivity index (χ0) is 17.0.